The predicted octanol–water partition coefficient (Wildman–Crippen LogP) is 6.26. The Morgan fingerprint density at radius 3 is 2.70 bits per heavy atom. The smallest absolute Gasteiger partial charge is 0.306 e. The van der Waals surface area contributed by atoms with Gasteiger partial charge in [-0.05, 0) is 54.5 Å². The molecule has 1 heterocycles. The number of carbonyl (C=O) groups is 1. The van der Waals surface area contributed by atoms with E-state index in [0.717, 1.165) is 26.5 Å². The fourth-order valence-corrected chi connectivity index (χ4v) is 5.25. The summed E-state index contributed by atoms with van der Waals surface area (Å²) >= 11 is 3.28. The molecule has 6 heteroatoms. The number of aromatic nitrogens is 1. The van der Waals surface area contributed by atoms with Crippen molar-refractivity contribution in [2.45, 2.75) is 63.3 Å². The Balaban J connectivity index is 1.51. The lowest BCUT2D eigenvalue weighted by Gasteiger charge is -2.22. The molecular formula is C24H29NO3S2. The van der Waals surface area contributed by atoms with Gasteiger partial charge in [-0.2, -0.15) is 0 Å². The molecule has 160 valence electrons. The number of phenolic OH excluding ortho intramolecular Hbond substituents is 1. The van der Waals surface area contributed by atoms with Crippen molar-refractivity contribution in [2.24, 2.45) is 0 Å². The number of rotatable bonds is 7. The van der Waals surface area contributed by atoms with Crippen LogP contribution in [0.2, 0.25) is 0 Å². The van der Waals surface area contributed by atoms with Crippen molar-refractivity contribution in [1.29, 1.82) is 0 Å². The number of esters is 1. The number of ether oxygens (including phenoxy) is 1. The molecule has 0 bridgehead atoms. The molecule has 0 fully saturated rings. The minimum atomic E-state index is -0.199. The molecule has 0 saturated carbocycles. The van der Waals surface area contributed by atoms with Crippen LogP contribution in [0.1, 0.15) is 50.8 Å². The second-order valence-corrected chi connectivity index (χ2v) is 10.9. The van der Waals surface area contributed by atoms with Gasteiger partial charge in [-0.25, -0.2) is 4.98 Å². The van der Waals surface area contributed by atoms with Crippen LogP contribution in [0.4, 0.5) is 0 Å². The van der Waals surface area contributed by atoms with Crippen LogP contribution in [0.25, 0.3) is 10.2 Å². The van der Waals surface area contributed by atoms with Crippen LogP contribution in [0, 0.1) is 6.92 Å². The maximum absolute atomic E-state index is 12.3. The zero-order valence-corrected chi connectivity index (χ0v) is 19.8. The fraction of sp³-hybridized carbons (Fsp3) is 0.417. The third-order valence-corrected chi connectivity index (χ3v) is 7.24. The number of carbonyl (C=O) groups excluding carboxylic acids is 1. The summed E-state index contributed by atoms with van der Waals surface area (Å²) in [5.41, 5.74) is 3.65. The van der Waals surface area contributed by atoms with Crippen LogP contribution in [0.5, 0.6) is 5.75 Å². The Hall–Kier alpha value is -2.05. The van der Waals surface area contributed by atoms with Crippen LogP contribution in [-0.4, -0.2) is 27.9 Å². The number of para-hydroxylation sites is 1. The summed E-state index contributed by atoms with van der Waals surface area (Å²) in [6.45, 7) is 10.0. The Bertz CT molecular complexity index is 1000. The first-order valence-corrected chi connectivity index (χ1v) is 11.9. The summed E-state index contributed by atoms with van der Waals surface area (Å²) < 4.78 is 7.75. The van der Waals surface area contributed by atoms with Gasteiger partial charge in [0.15, 0.2) is 4.34 Å². The quantitative estimate of drug-likeness (QED) is 0.345. The maximum atomic E-state index is 12.3. The van der Waals surface area contributed by atoms with E-state index < -0.39 is 0 Å². The van der Waals surface area contributed by atoms with E-state index in [1.807, 2.05) is 44.2 Å². The first-order valence-electron chi connectivity index (χ1n) is 10.1. The Morgan fingerprint density at radius 2 is 2.00 bits per heavy atom. The SMILES string of the molecule is Cc1cc(CCC(=O)OC(C)CSc2nc3ccccc3s2)cc(C(C)(C)C)c1O. The Morgan fingerprint density at radius 1 is 1.27 bits per heavy atom. The molecule has 0 saturated heterocycles. The summed E-state index contributed by atoms with van der Waals surface area (Å²) in [5, 5.41) is 10.4. The van der Waals surface area contributed by atoms with Gasteiger partial charge in [-0.15, -0.1) is 11.3 Å². The van der Waals surface area contributed by atoms with E-state index >= 15 is 0 Å². The van der Waals surface area contributed by atoms with Crippen molar-refractivity contribution in [3.8, 4) is 5.75 Å². The van der Waals surface area contributed by atoms with Gasteiger partial charge in [0.05, 0.1) is 10.2 Å². The van der Waals surface area contributed by atoms with Gasteiger partial charge in [0.2, 0.25) is 0 Å². The first-order chi connectivity index (χ1) is 14.1. The second kappa shape index (κ2) is 9.40. The van der Waals surface area contributed by atoms with Crippen molar-refractivity contribution in [1.82, 2.24) is 4.98 Å². The van der Waals surface area contributed by atoms with Crippen molar-refractivity contribution >= 4 is 39.3 Å². The number of hydrogen-bond acceptors (Lipinski definition) is 6. The minimum Gasteiger partial charge on any atom is -0.507 e. The number of fused-ring (bicyclic) bond motifs is 1. The summed E-state index contributed by atoms with van der Waals surface area (Å²) in [6.07, 6.45) is 0.742. The summed E-state index contributed by atoms with van der Waals surface area (Å²) in [4.78, 5) is 16.9. The lowest BCUT2D eigenvalue weighted by molar-refractivity contribution is -0.147. The van der Waals surface area contributed by atoms with E-state index in [4.69, 9.17) is 4.74 Å². The van der Waals surface area contributed by atoms with Crippen LogP contribution in [-0.2, 0) is 21.4 Å². The highest BCUT2D eigenvalue weighted by Crippen LogP contribution is 2.34. The van der Waals surface area contributed by atoms with Crippen LogP contribution < -0.4 is 0 Å². The number of thiazole rings is 1. The summed E-state index contributed by atoms with van der Waals surface area (Å²) in [5.74, 6) is 0.822. The van der Waals surface area contributed by atoms with E-state index in [2.05, 4.69) is 31.8 Å². The van der Waals surface area contributed by atoms with Crippen LogP contribution in [0.15, 0.2) is 40.7 Å². The van der Waals surface area contributed by atoms with E-state index in [9.17, 15) is 9.90 Å². The normalized spacial score (nSPS) is 12.8. The summed E-state index contributed by atoms with van der Waals surface area (Å²) in [7, 11) is 0. The number of aryl methyl sites for hydroxylation is 2. The van der Waals surface area contributed by atoms with Crippen LogP contribution in [0.3, 0.4) is 0 Å². The molecule has 0 aliphatic heterocycles. The maximum Gasteiger partial charge on any atom is 0.306 e. The molecule has 3 rings (SSSR count). The molecule has 0 spiro atoms. The van der Waals surface area contributed by atoms with Crippen LogP contribution >= 0.6 is 23.1 Å². The number of benzene rings is 2. The fourth-order valence-electron chi connectivity index (χ4n) is 3.24. The molecule has 30 heavy (non-hydrogen) atoms. The molecule has 1 N–H and O–H groups in total. The standard InChI is InChI=1S/C24H29NO3S2/c1-15-12-17(13-18(22(15)27)24(3,4)5)10-11-21(26)28-16(2)14-29-23-25-19-8-6-7-9-20(19)30-23/h6-9,12-13,16,27H,10-11,14H2,1-5H3. The topological polar surface area (TPSA) is 59.4 Å². The lowest BCUT2D eigenvalue weighted by Crippen LogP contribution is -2.17. The summed E-state index contributed by atoms with van der Waals surface area (Å²) in [6, 6.07) is 12.0. The van der Waals surface area contributed by atoms with Crippen molar-refractivity contribution < 1.29 is 14.6 Å². The molecular weight excluding hydrogens is 414 g/mol. The Labute approximate surface area is 186 Å². The third kappa shape index (κ3) is 5.76. The van der Waals surface area contributed by atoms with Gasteiger partial charge >= 0.3 is 5.97 Å². The zero-order chi connectivity index (χ0) is 21.9. The first kappa shape index (κ1) is 22.6. The number of aromatic hydroxyl groups is 1. The molecule has 4 nitrogen and oxygen atoms in total. The highest BCUT2D eigenvalue weighted by molar-refractivity contribution is 8.01. The lowest BCUT2D eigenvalue weighted by atomic mass is 9.83. The molecule has 0 radical (unpaired) electrons. The molecule has 0 aliphatic carbocycles. The number of hydrogen-bond donors (Lipinski definition) is 1. The van der Waals surface area contributed by atoms with Crippen molar-refractivity contribution in [3.05, 3.63) is 53.1 Å². The van der Waals surface area contributed by atoms with E-state index in [0.29, 0.717) is 24.3 Å². The monoisotopic (exact) mass is 443 g/mol. The molecule has 1 unspecified atom stereocenters. The predicted molar refractivity (Wildman–Crippen MR) is 126 cm³/mol. The highest BCUT2D eigenvalue weighted by Gasteiger charge is 2.20. The van der Waals surface area contributed by atoms with Gasteiger partial charge in [0.25, 0.3) is 0 Å². The van der Waals surface area contributed by atoms with Crippen molar-refractivity contribution in [3.63, 3.8) is 0 Å². The number of nitrogens with zero attached hydrogens (tertiary/aromatic N) is 1. The average molecular weight is 444 g/mol. The van der Waals surface area contributed by atoms with E-state index in [-0.39, 0.29) is 17.5 Å². The molecule has 1 atom stereocenters. The Kier molecular flexibility index (Phi) is 7.09. The molecule has 3 aromatic rings. The van der Waals surface area contributed by atoms with Crippen molar-refractivity contribution in [2.75, 3.05) is 5.75 Å². The molecule has 0 aliphatic rings. The van der Waals surface area contributed by atoms with Gasteiger partial charge in [0.1, 0.15) is 11.9 Å². The zero-order valence-electron chi connectivity index (χ0n) is 18.2. The van der Waals surface area contributed by atoms with E-state index in [1.54, 1.807) is 23.1 Å². The molecule has 2 aromatic carbocycles. The van der Waals surface area contributed by atoms with Gasteiger partial charge in [0, 0.05) is 12.2 Å². The third-order valence-electron chi connectivity index (χ3n) is 4.83. The van der Waals surface area contributed by atoms with Gasteiger partial charge < -0.3 is 9.84 Å². The molecule has 0 amide bonds. The highest BCUT2D eigenvalue weighted by atomic mass is 32.2. The van der Waals surface area contributed by atoms with Gasteiger partial charge in [-0.3, -0.25) is 4.79 Å². The number of thioether (sulfide) groups is 1. The second-order valence-electron chi connectivity index (χ2n) is 8.62. The average Bonchev–Trinajstić information content (AvgIpc) is 3.09. The van der Waals surface area contributed by atoms with Gasteiger partial charge in [-0.1, -0.05) is 56.8 Å². The minimum absolute atomic E-state index is 0.155. The number of phenols is 1. The largest absolute Gasteiger partial charge is 0.507 e. The van der Waals surface area contributed by atoms with E-state index in [1.165, 1.54) is 4.70 Å². The molecule has 1 aromatic heterocycles.